The molecule has 0 fully saturated rings. The van der Waals surface area contributed by atoms with Gasteiger partial charge in [0.25, 0.3) is 0 Å². The third-order valence-electron chi connectivity index (χ3n) is 4.34. The number of aliphatic imine (C=N–C) groups is 1. The molecule has 0 bridgehead atoms. The van der Waals surface area contributed by atoms with Crippen LogP contribution in [0.1, 0.15) is 17.2 Å². The molecule has 1 aliphatic rings. The van der Waals surface area contributed by atoms with Crippen LogP contribution in [0.5, 0.6) is 0 Å². The van der Waals surface area contributed by atoms with Gasteiger partial charge in [0, 0.05) is 36.1 Å². The minimum Gasteiger partial charge on any atom is -0.350 e. The molecule has 0 aliphatic carbocycles. The third kappa shape index (κ3) is 2.67. The van der Waals surface area contributed by atoms with Crippen molar-refractivity contribution < 1.29 is 0 Å². The van der Waals surface area contributed by atoms with Crippen molar-refractivity contribution in [2.24, 2.45) is 4.99 Å². The van der Waals surface area contributed by atoms with Gasteiger partial charge in [-0.05, 0) is 0 Å². The minimum atomic E-state index is 0.185. The van der Waals surface area contributed by atoms with Gasteiger partial charge in [-0.2, -0.15) is 0 Å². The molecule has 0 amide bonds. The van der Waals surface area contributed by atoms with E-state index in [9.17, 15) is 0 Å². The first-order valence-electron chi connectivity index (χ1n) is 8.03. The minimum absolute atomic E-state index is 0.185. The molecule has 24 heavy (non-hydrogen) atoms. The Hall–Kier alpha value is -3.01. The van der Waals surface area contributed by atoms with Gasteiger partial charge >= 0.3 is 0 Å². The van der Waals surface area contributed by atoms with Crippen LogP contribution in [0.3, 0.4) is 0 Å². The molecule has 1 atom stereocenters. The zero-order valence-electron chi connectivity index (χ0n) is 13.5. The fourth-order valence-corrected chi connectivity index (χ4v) is 3.01. The fourth-order valence-electron chi connectivity index (χ4n) is 3.01. The molecule has 4 rings (SSSR count). The number of aromatic nitrogens is 2. The Morgan fingerprint density at radius 2 is 1.42 bits per heavy atom. The van der Waals surface area contributed by atoms with E-state index in [1.54, 1.807) is 0 Å². The van der Waals surface area contributed by atoms with Gasteiger partial charge in [-0.25, -0.2) is 9.97 Å². The van der Waals surface area contributed by atoms with Gasteiger partial charge in [0.05, 0.1) is 12.6 Å². The van der Waals surface area contributed by atoms with Gasteiger partial charge in [-0.3, -0.25) is 4.99 Å². The molecule has 3 aromatic rings. The van der Waals surface area contributed by atoms with Crippen LogP contribution in [0.15, 0.2) is 78.0 Å². The molecule has 118 valence electrons. The fraction of sp³-hybridized carbons (Fsp3) is 0.150. The van der Waals surface area contributed by atoms with Crippen molar-refractivity contribution in [1.29, 1.82) is 0 Å². The van der Waals surface area contributed by atoms with Crippen LogP contribution in [0.25, 0.3) is 11.4 Å². The maximum atomic E-state index is 4.71. The number of amidine groups is 1. The van der Waals surface area contributed by atoms with E-state index in [1.165, 1.54) is 0 Å². The lowest BCUT2D eigenvalue weighted by molar-refractivity contribution is 0.416. The monoisotopic (exact) mass is 314 g/mol. The topological polar surface area (TPSA) is 41.4 Å². The Morgan fingerprint density at radius 1 is 0.833 bits per heavy atom. The average molecular weight is 314 g/mol. The predicted octanol–water partition coefficient (Wildman–Crippen LogP) is 3.58. The van der Waals surface area contributed by atoms with Gasteiger partial charge in [-0.15, -0.1) is 0 Å². The van der Waals surface area contributed by atoms with Crippen molar-refractivity contribution in [3.8, 4) is 11.4 Å². The maximum Gasteiger partial charge on any atom is 0.159 e. The molecule has 2 aromatic carbocycles. The van der Waals surface area contributed by atoms with Crippen LogP contribution in [-0.2, 0) is 0 Å². The first-order valence-corrected chi connectivity index (χ1v) is 8.03. The van der Waals surface area contributed by atoms with Crippen molar-refractivity contribution >= 4 is 5.84 Å². The van der Waals surface area contributed by atoms with Crippen molar-refractivity contribution in [2.75, 3.05) is 13.6 Å². The number of hydrogen-bond acceptors (Lipinski definition) is 4. The van der Waals surface area contributed by atoms with Gasteiger partial charge in [0.2, 0.25) is 0 Å². The molecule has 0 saturated carbocycles. The standard InChI is InChI=1S/C20H18N4/c1-24-18(14-23-20(24)16-10-6-3-7-11-16)17-12-21-19(22-13-17)15-8-4-2-5-9-15/h2-13,18H,14H2,1H3. The lowest BCUT2D eigenvalue weighted by Crippen LogP contribution is -2.27. The van der Waals surface area contributed by atoms with Crippen LogP contribution in [-0.4, -0.2) is 34.3 Å². The summed E-state index contributed by atoms with van der Waals surface area (Å²) in [6.45, 7) is 0.731. The first kappa shape index (κ1) is 14.6. The van der Waals surface area contributed by atoms with Crippen molar-refractivity contribution in [3.05, 3.63) is 84.2 Å². The highest BCUT2D eigenvalue weighted by Gasteiger charge is 2.27. The number of nitrogens with zero attached hydrogens (tertiary/aromatic N) is 4. The summed E-state index contributed by atoms with van der Waals surface area (Å²) >= 11 is 0. The molecule has 4 nitrogen and oxygen atoms in total. The smallest absolute Gasteiger partial charge is 0.159 e. The summed E-state index contributed by atoms with van der Waals surface area (Å²) < 4.78 is 0. The van der Waals surface area contributed by atoms with Crippen LogP contribution in [0.2, 0.25) is 0 Å². The summed E-state index contributed by atoms with van der Waals surface area (Å²) in [5, 5.41) is 0. The van der Waals surface area contributed by atoms with Crippen molar-refractivity contribution in [2.45, 2.75) is 6.04 Å². The van der Waals surface area contributed by atoms with Gasteiger partial charge < -0.3 is 4.90 Å². The molecule has 0 radical (unpaired) electrons. The quantitative estimate of drug-likeness (QED) is 0.742. The molecule has 0 saturated heterocycles. The SMILES string of the molecule is CN1C(c2ccccc2)=NCC1c1cnc(-c2ccccc2)nc1. The van der Waals surface area contributed by atoms with E-state index in [1.807, 2.05) is 60.9 Å². The Balaban J connectivity index is 1.55. The van der Waals surface area contributed by atoms with Gasteiger partial charge in [0.15, 0.2) is 5.82 Å². The summed E-state index contributed by atoms with van der Waals surface area (Å²) in [4.78, 5) is 16.0. The van der Waals surface area contributed by atoms with E-state index in [2.05, 4.69) is 34.0 Å². The molecular weight excluding hydrogens is 296 g/mol. The summed E-state index contributed by atoms with van der Waals surface area (Å²) in [6.07, 6.45) is 3.83. The highest BCUT2D eigenvalue weighted by Crippen LogP contribution is 2.27. The van der Waals surface area contributed by atoms with E-state index in [4.69, 9.17) is 4.99 Å². The number of rotatable bonds is 3. The van der Waals surface area contributed by atoms with Crippen LogP contribution < -0.4 is 0 Å². The van der Waals surface area contributed by atoms with Crippen LogP contribution >= 0.6 is 0 Å². The number of likely N-dealkylation sites (N-methyl/N-ethyl adjacent to an activating group) is 1. The zero-order chi connectivity index (χ0) is 16.4. The molecule has 1 unspecified atom stereocenters. The van der Waals surface area contributed by atoms with Gasteiger partial charge in [0.1, 0.15) is 5.84 Å². The highest BCUT2D eigenvalue weighted by molar-refractivity contribution is 5.99. The predicted molar refractivity (Wildman–Crippen MR) is 95.8 cm³/mol. The summed E-state index contributed by atoms with van der Waals surface area (Å²) in [5.74, 6) is 1.77. The molecule has 1 aromatic heterocycles. The normalized spacial score (nSPS) is 17.0. The van der Waals surface area contributed by atoms with Crippen LogP contribution in [0.4, 0.5) is 0 Å². The first-order chi connectivity index (χ1) is 11.8. The highest BCUT2D eigenvalue weighted by atomic mass is 15.2. The number of hydrogen-bond donors (Lipinski definition) is 0. The summed E-state index contributed by atoms with van der Waals surface area (Å²) in [5.41, 5.74) is 3.27. The Morgan fingerprint density at radius 3 is 2.04 bits per heavy atom. The molecule has 4 heteroatoms. The Bertz CT molecular complexity index is 842. The van der Waals surface area contributed by atoms with E-state index in [0.717, 1.165) is 34.9 Å². The zero-order valence-corrected chi connectivity index (χ0v) is 13.5. The summed E-state index contributed by atoms with van der Waals surface area (Å²) in [7, 11) is 2.08. The van der Waals surface area contributed by atoms with E-state index >= 15 is 0 Å². The Labute approximate surface area is 141 Å². The second kappa shape index (κ2) is 6.24. The van der Waals surface area contributed by atoms with E-state index in [0.29, 0.717) is 0 Å². The molecule has 2 heterocycles. The average Bonchev–Trinajstić information content (AvgIpc) is 3.05. The lowest BCUT2D eigenvalue weighted by atomic mass is 10.1. The van der Waals surface area contributed by atoms with Gasteiger partial charge in [-0.1, -0.05) is 60.7 Å². The van der Waals surface area contributed by atoms with E-state index < -0.39 is 0 Å². The lowest BCUT2D eigenvalue weighted by Gasteiger charge is -2.23. The molecular formula is C20H18N4. The maximum absolute atomic E-state index is 4.71. The second-order valence-electron chi connectivity index (χ2n) is 5.86. The number of benzene rings is 2. The molecule has 1 aliphatic heterocycles. The molecule has 0 spiro atoms. The summed E-state index contributed by atoms with van der Waals surface area (Å²) in [6, 6.07) is 20.5. The van der Waals surface area contributed by atoms with Crippen molar-refractivity contribution in [1.82, 2.24) is 14.9 Å². The third-order valence-corrected chi connectivity index (χ3v) is 4.34. The van der Waals surface area contributed by atoms with Crippen LogP contribution in [0, 0.1) is 0 Å². The largest absolute Gasteiger partial charge is 0.350 e. The molecule has 0 N–H and O–H groups in total. The van der Waals surface area contributed by atoms with Crippen molar-refractivity contribution in [3.63, 3.8) is 0 Å². The Kier molecular flexibility index (Phi) is 3.79. The second-order valence-corrected chi connectivity index (χ2v) is 5.86. The van der Waals surface area contributed by atoms with E-state index in [-0.39, 0.29) is 6.04 Å².